The fourth-order valence-corrected chi connectivity index (χ4v) is 4.03. The second-order valence-corrected chi connectivity index (χ2v) is 5.88. The predicted molar refractivity (Wildman–Crippen MR) is 73.3 cm³/mol. The Morgan fingerprint density at radius 1 is 1.25 bits per heavy atom. The largest absolute Gasteiger partial charge is 0.479 e. The van der Waals surface area contributed by atoms with Gasteiger partial charge in [-0.2, -0.15) is 5.26 Å². The van der Waals surface area contributed by atoms with Gasteiger partial charge in [-0.1, -0.05) is 5.16 Å². The highest BCUT2D eigenvalue weighted by molar-refractivity contribution is 6.03. The molecule has 0 amide bonds. The van der Waals surface area contributed by atoms with Crippen molar-refractivity contribution in [3.63, 3.8) is 0 Å². The van der Waals surface area contributed by atoms with Crippen molar-refractivity contribution >= 4 is 5.71 Å². The van der Waals surface area contributed by atoms with Crippen LogP contribution in [0.3, 0.4) is 0 Å². The number of benzene rings is 1. The van der Waals surface area contributed by atoms with Gasteiger partial charge in [-0.25, -0.2) is 0 Å². The van der Waals surface area contributed by atoms with Gasteiger partial charge in [-0.3, -0.25) is 0 Å². The molecule has 1 heterocycles. The van der Waals surface area contributed by atoms with Crippen molar-refractivity contribution in [1.29, 1.82) is 5.26 Å². The highest BCUT2D eigenvalue weighted by Crippen LogP contribution is 2.53. The number of hydrogen-bond donors (Lipinski definition) is 0. The van der Waals surface area contributed by atoms with Crippen molar-refractivity contribution in [3.05, 3.63) is 29.8 Å². The van der Waals surface area contributed by atoms with Crippen LogP contribution in [0.5, 0.6) is 5.75 Å². The Morgan fingerprint density at radius 2 is 2.05 bits per heavy atom. The molecule has 4 heteroatoms. The van der Waals surface area contributed by atoms with Gasteiger partial charge in [-0.15, -0.1) is 0 Å². The van der Waals surface area contributed by atoms with Crippen molar-refractivity contribution in [2.45, 2.75) is 25.4 Å². The number of hydrogen-bond acceptors (Lipinski definition) is 4. The maximum Gasteiger partial charge on any atom is 0.174 e. The molecule has 4 nitrogen and oxygen atoms in total. The average molecular weight is 268 g/mol. The minimum atomic E-state index is 0.0812. The lowest BCUT2D eigenvalue weighted by Crippen LogP contribution is -2.29. The highest BCUT2D eigenvalue weighted by atomic mass is 16.6. The smallest absolute Gasteiger partial charge is 0.174 e. The van der Waals surface area contributed by atoms with Gasteiger partial charge in [0, 0.05) is 11.5 Å². The fraction of sp³-hybridized carbons (Fsp3) is 0.500. The summed E-state index contributed by atoms with van der Waals surface area (Å²) >= 11 is 0. The minimum absolute atomic E-state index is 0.0812. The summed E-state index contributed by atoms with van der Waals surface area (Å²) in [6, 6.07) is 9.80. The molecule has 0 saturated heterocycles. The van der Waals surface area contributed by atoms with E-state index in [0.717, 1.165) is 22.9 Å². The Labute approximate surface area is 118 Å². The van der Waals surface area contributed by atoms with Crippen molar-refractivity contribution in [2.75, 3.05) is 6.61 Å². The Hall–Kier alpha value is -2.02. The lowest BCUT2D eigenvalue weighted by atomic mass is 9.81. The third-order valence-electron chi connectivity index (χ3n) is 4.88. The standard InChI is InChI=1S/C16H16N2O2/c17-7-8-19-13-5-3-10(4-6-13)15-14-11-1-2-12(9-11)16(14)20-18-15/h3-6,11-12,14,16H,1-2,8-9H2/t11-,12+,14-,16-/m1/s1. The van der Waals surface area contributed by atoms with Gasteiger partial charge in [0.2, 0.25) is 0 Å². The fourth-order valence-electron chi connectivity index (χ4n) is 4.03. The monoisotopic (exact) mass is 268 g/mol. The van der Waals surface area contributed by atoms with E-state index in [0.29, 0.717) is 17.9 Å². The average Bonchev–Trinajstić information content (AvgIpc) is 3.18. The van der Waals surface area contributed by atoms with Crippen LogP contribution in [-0.4, -0.2) is 18.4 Å². The van der Waals surface area contributed by atoms with E-state index in [-0.39, 0.29) is 6.61 Å². The summed E-state index contributed by atoms with van der Waals surface area (Å²) in [6.07, 6.45) is 4.24. The van der Waals surface area contributed by atoms with Gasteiger partial charge in [0.05, 0.1) is 5.71 Å². The normalized spacial score (nSPS) is 33.2. The zero-order chi connectivity index (χ0) is 13.5. The lowest BCUT2D eigenvalue weighted by molar-refractivity contribution is 0.0275. The minimum Gasteiger partial charge on any atom is -0.479 e. The summed E-state index contributed by atoms with van der Waals surface area (Å²) in [5.74, 6) is 2.67. The van der Waals surface area contributed by atoms with Crippen LogP contribution in [0.2, 0.25) is 0 Å². The zero-order valence-electron chi connectivity index (χ0n) is 11.2. The number of nitriles is 1. The first-order valence-electron chi connectivity index (χ1n) is 7.20. The Bertz CT molecular complexity index is 587. The van der Waals surface area contributed by atoms with Crippen LogP contribution in [0.25, 0.3) is 0 Å². The summed E-state index contributed by atoms with van der Waals surface area (Å²) in [5, 5.41) is 12.9. The van der Waals surface area contributed by atoms with Crippen molar-refractivity contribution in [2.24, 2.45) is 22.9 Å². The Balaban J connectivity index is 1.55. The number of fused-ring (bicyclic) bond motifs is 5. The molecule has 4 atom stereocenters. The van der Waals surface area contributed by atoms with Crippen LogP contribution in [0.4, 0.5) is 0 Å². The molecule has 4 rings (SSSR count). The van der Waals surface area contributed by atoms with Gasteiger partial charge in [-0.05, 0) is 55.4 Å². The molecule has 102 valence electrons. The van der Waals surface area contributed by atoms with Crippen LogP contribution in [0.1, 0.15) is 24.8 Å². The van der Waals surface area contributed by atoms with Crippen molar-refractivity contribution in [3.8, 4) is 11.8 Å². The van der Waals surface area contributed by atoms with Gasteiger partial charge < -0.3 is 9.57 Å². The van der Waals surface area contributed by atoms with Gasteiger partial charge in [0.25, 0.3) is 0 Å². The third kappa shape index (κ3) is 1.70. The van der Waals surface area contributed by atoms with Crippen LogP contribution in [-0.2, 0) is 4.84 Å². The number of nitrogens with zero attached hydrogens (tertiary/aromatic N) is 2. The maximum atomic E-state index is 8.51. The molecule has 1 aromatic rings. The lowest BCUT2D eigenvalue weighted by Gasteiger charge is -2.23. The van der Waals surface area contributed by atoms with E-state index in [2.05, 4.69) is 5.16 Å². The molecular weight excluding hydrogens is 252 g/mol. The third-order valence-corrected chi connectivity index (χ3v) is 4.88. The molecule has 0 N–H and O–H groups in total. The summed E-state index contributed by atoms with van der Waals surface area (Å²) in [5.41, 5.74) is 2.23. The summed E-state index contributed by atoms with van der Waals surface area (Å²) in [7, 11) is 0. The molecule has 2 fully saturated rings. The summed E-state index contributed by atoms with van der Waals surface area (Å²) < 4.78 is 5.28. The van der Waals surface area contributed by atoms with Crippen LogP contribution in [0.15, 0.2) is 29.4 Å². The molecule has 0 aromatic heterocycles. The zero-order valence-corrected chi connectivity index (χ0v) is 11.2. The van der Waals surface area contributed by atoms with Crippen molar-refractivity contribution in [1.82, 2.24) is 0 Å². The molecule has 0 spiro atoms. The maximum absolute atomic E-state index is 8.51. The molecule has 2 bridgehead atoms. The predicted octanol–water partition coefficient (Wildman–Crippen LogP) is 2.74. The quantitative estimate of drug-likeness (QED) is 0.847. The van der Waals surface area contributed by atoms with E-state index in [1.807, 2.05) is 30.3 Å². The molecule has 2 aliphatic carbocycles. The molecule has 20 heavy (non-hydrogen) atoms. The van der Waals surface area contributed by atoms with E-state index < -0.39 is 0 Å². The van der Waals surface area contributed by atoms with E-state index in [1.54, 1.807) is 0 Å². The highest BCUT2D eigenvalue weighted by Gasteiger charge is 2.54. The Kier molecular flexibility index (Phi) is 2.66. The van der Waals surface area contributed by atoms with Crippen molar-refractivity contribution < 1.29 is 9.57 Å². The summed E-state index contributed by atoms with van der Waals surface area (Å²) in [6.45, 7) is 0.0812. The van der Waals surface area contributed by atoms with Gasteiger partial charge in [0.1, 0.15) is 17.9 Å². The van der Waals surface area contributed by atoms with E-state index in [9.17, 15) is 0 Å². The number of ether oxygens (including phenoxy) is 1. The second-order valence-electron chi connectivity index (χ2n) is 5.88. The molecule has 3 aliphatic rings. The molecule has 2 saturated carbocycles. The number of rotatable bonds is 3. The first kappa shape index (κ1) is 11.8. The first-order valence-corrected chi connectivity index (χ1v) is 7.20. The van der Waals surface area contributed by atoms with Gasteiger partial charge >= 0.3 is 0 Å². The Morgan fingerprint density at radius 3 is 2.85 bits per heavy atom. The van der Waals surface area contributed by atoms with Gasteiger partial charge in [0.15, 0.2) is 6.61 Å². The number of oxime groups is 1. The van der Waals surface area contributed by atoms with Crippen LogP contribution in [0, 0.1) is 29.1 Å². The van der Waals surface area contributed by atoms with Crippen LogP contribution >= 0.6 is 0 Å². The molecule has 1 aliphatic heterocycles. The first-order chi connectivity index (χ1) is 9.86. The molecule has 1 aromatic carbocycles. The van der Waals surface area contributed by atoms with E-state index >= 15 is 0 Å². The SMILES string of the molecule is N#CCOc1ccc(C2=NO[C@@H]3[C@H]4CC[C@H](C4)[C@H]23)cc1. The molecule has 0 unspecified atom stereocenters. The topological polar surface area (TPSA) is 54.6 Å². The molecular formula is C16H16N2O2. The van der Waals surface area contributed by atoms with E-state index in [4.69, 9.17) is 14.8 Å². The second kappa shape index (κ2) is 4.52. The van der Waals surface area contributed by atoms with Crippen LogP contribution < -0.4 is 4.74 Å². The molecule has 0 radical (unpaired) electrons. The van der Waals surface area contributed by atoms with E-state index in [1.165, 1.54) is 19.3 Å². The summed E-state index contributed by atoms with van der Waals surface area (Å²) in [4.78, 5) is 5.69.